The molecule has 108 valence electrons. The molecule has 1 saturated carbocycles. The summed E-state index contributed by atoms with van der Waals surface area (Å²) in [6.45, 7) is 5.79. The van der Waals surface area contributed by atoms with Crippen LogP contribution < -0.4 is 5.32 Å². The summed E-state index contributed by atoms with van der Waals surface area (Å²) >= 11 is 0. The van der Waals surface area contributed by atoms with Crippen molar-refractivity contribution >= 4 is 11.9 Å². The minimum Gasteiger partial charge on any atom is -0.481 e. The van der Waals surface area contributed by atoms with Gasteiger partial charge >= 0.3 is 5.97 Å². The van der Waals surface area contributed by atoms with Crippen LogP contribution in [0.4, 0.5) is 0 Å². The maximum Gasteiger partial charge on any atom is 0.309 e. The third-order valence-corrected chi connectivity index (χ3v) is 4.73. The molecule has 0 bridgehead atoms. The summed E-state index contributed by atoms with van der Waals surface area (Å²) in [5, 5.41) is 11.9. The van der Waals surface area contributed by atoms with Gasteiger partial charge in [-0.15, -0.1) is 0 Å². The van der Waals surface area contributed by atoms with E-state index in [2.05, 4.69) is 19.2 Å². The molecule has 19 heavy (non-hydrogen) atoms. The second kappa shape index (κ2) is 5.90. The van der Waals surface area contributed by atoms with Crippen molar-refractivity contribution < 1.29 is 14.7 Å². The smallest absolute Gasteiger partial charge is 0.309 e. The lowest BCUT2D eigenvalue weighted by Crippen LogP contribution is -2.55. The highest BCUT2D eigenvalue weighted by atomic mass is 16.4. The van der Waals surface area contributed by atoms with Crippen molar-refractivity contribution in [1.82, 2.24) is 10.2 Å². The summed E-state index contributed by atoms with van der Waals surface area (Å²) in [4.78, 5) is 24.5. The first-order valence-corrected chi connectivity index (χ1v) is 7.22. The monoisotopic (exact) mass is 268 g/mol. The van der Waals surface area contributed by atoms with Gasteiger partial charge in [0.05, 0.1) is 12.5 Å². The molecule has 2 fully saturated rings. The molecular weight excluding hydrogens is 244 g/mol. The van der Waals surface area contributed by atoms with Crippen molar-refractivity contribution in [2.45, 2.75) is 39.2 Å². The Kier molecular flexibility index (Phi) is 4.45. The first-order valence-electron chi connectivity index (χ1n) is 7.22. The van der Waals surface area contributed by atoms with Gasteiger partial charge in [0.15, 0.2) is 0 Å². The molecule has 1 aliphatic heterocycles. The van der Waals surface area contributed by atoms with Gasteiger partial charge in [-0.1, -0.05) is 26.7 Å². The second-order valence-electron chi connectivity index (χ2n) is 6.17. The Morgan fingerprint density at radius 1 is 1.26 bits per heavy atom. The van der Waals surface area contributed by atoms with E-state index in [0.717, 1.165) is 6.42 Å². The summed E-state index contributed by atoms with van der Waals surface area (Å²) in [5.74, 6) is 0.183. The average molecular weight is 268 g/mol. The van der Waals surface area contributed by atoms with E-state index in [0.29, 0.717) is 31.5 Å². The SMILES string of the molecule is CC1CCCC(NC(=O)CN2CC(C(=O)O)C2)C1C. The summed E-state index contributed by atoms with van der Waals surface area (Å²) in [7, 11) is 0. The Morgan fingerprint density at radius 2 is 1.95 bits per heavy atom. The Morgan fingerprint density at radius 3 is 2.58 bits per heavy atom. The lowest BCUT2D eigenvalue weighted by atomic mass is 9.78. The van der Waals surface area contributed by atoms with Crippen LogP contribution in [0.2, 0.25) is 0 Å². The van der Waals surface area contributed by atoms with Crippen LogP contribution in [0.3, 0.4) is 0 Å². The van der Waals surface area contributed by atoms with Crippen molar-refractivity contribution in [3.63, 3.8) is 0 Å². The van der Waals surface area contributed by atoms with Crippen molar-refractivity contribution in [3.8, 4) is 0 Å². The number of likely N-dealkylation sites (tertiary alicyclic amines) is 1. The number of carboxylic acids is 1. The zero-order valence-electron chi connectivity index (χ0n) is 11.8. The van der Waals surface area contributed by atoms with Crippen molar-refractivity contribution in [3.05, 3.63) is 0 Å². The van der Waals surface area contributed by atoms with Crippen LogP contribution >= 0.6 is 0 Å². The molecule has 5 heteroatoms. The molecular formula is C14H24N2O3. The van der Waals surface area contributed by atoms with Crippen LogP contribution in [0.25, 0.3) is 0 Å². The second-order valence-corrected chi connectivity index (χ2v) is 6.17. The van der Waals surface area contributed by atoms with E-state index in [1.807, 2.05) is 4.90 Å². The number of carbonyl (C=O) groups is 2. The molecule has 1 amide bonds. The van der Waals surface area contributed by atoms with Crippen LogP contribution in [0, 0.1) is 17.8 Å². The van der Waals surface area contributed by atoms with E-state index in [4.69, 9.17) is 5.11 Å². The third kappa shape index (κ3) is 3.47. The fraction of sp³-hybridized carbons (Fsp3) is 0.857. The maximum absolute atomic E-state index is 11.9. The Hall–Kier alpha value is -1.10. The van der Waals surface area contributed by atoms with Gasteiger partial charge in [0.1, 0.15) is 0 Å². The van der Waals surface area contributed by atoms with E-state index in [9.17, 15) is 9.59 Å². The highest BCUT2D eigenvalue weighted by molar-refractivity contribution is 5.79. The summed E-state index contributed by atoms with van der Waals surface area (Å²) in [5.41, 5.74) is 0. The predicted octanol–water partition coefficient (Wildman–Crippen LogP) is 0.944. The fourth-order valence-corrected chi connectivity index (χ4v) is 3.10. The highest BCUT2D eigenvalue weighted by Crippen LogP contribution is 2.29. The standard InChI is InChI=1S/C14H24N2O3/c1-9-4-3-5-12(10(9)2)15-13(17)8-16-6-11(7-16)14(18)19/h9-12H,3-8H2,1-2H3,(H,15,17)(H,18,19). The van der Waals surface area contributed by atoms with Crippen LogP contribution in [0.15, 0.2) is 0 Å². The molecule has 3 atom stereocenters. The molecule has 2 rings (SSSR count). The van der Waals surface area contributed by atoms with E-state index in [-0.39, 0.29) is 17.9 Å². The average Bonchev–Trinajstić information content (AvgIpc) is 2.28. The number of hydrogen-bond donors (Lipinski definition) is 2. The zero-order chi connectivity index (χ0) is 14.0. The number of carboxylic acid groups (broad SMARTS) is 1. The number of aliphatic carboxylic acids is 1. The minimum absolute atomic E-state index is 0.0368. The van der Waals surface area contributed by atoms with Crippen LogP contribution in [0.1, 0.15) is 33.1 Å². The topological polar surface area (TPSA) is 69.6 Å². The third-order valence-electron chi connectivity index (χ3n) is 4.73. The molecule has 1 aliphatic carbocycles. The van der Waals surface area contributed by atoms with Crippen molar-refractivity contribution in [2.75, 3.05) is 19.6 Å². The number of nitrogens with one attached hydrogen (secondary N) is 1. The van der Waals surface area contributed by atoms with Gasteiger partial charge in [0, 0.05) is 19.1 Å². The molecule has 2 N–H and O–H groups in total. The summed E-state index contributed by atoms with van der Waals surface area (Å²) < 4.78 is 0. The largest absolute Gasteiger partial charge is 0.481 e. The molecule has 3 unspecified atom stereocenters. The van der Waals surface area contributed by atoms with Gasteiger partial charge < -0.3 is 10.4 Å². The molecule has 0 spiro atoms. The molecule has 2 aliphatic rings. The van der Waals surface area contributed by atoms with Gasteiger partial charge in [0.2, 0.25) is 5.91 Å². The molecule has 1 saturated heterocycles. The summed E-state index contributed by atoms with van der Waals surface area (Å²) in [6.07, 6.45) is 3.50. The molecule has 0 aromatic carbocycles. The maximum atomic E-state index is 11.9. The molecule has 0 aromatic rings. The van der Waals surface area contributed by atoms with Crippen molar-refractivity contribution in [2.24, 2.45) is 17.8 Å². The summed E-state index contributed by atoms with van der Waals surface area (Å²) in [6, 6.07) is 0.285. The van der Waals surface area contributed by atoms with Gasteiger partial charge in [-0.05, 0) is 18.3 Å². The Labute approximate surface area is 114 Å². The van der Waals surface area contributed by atoms with E-state index >= 15 is 0 Å². The number of nitrogens with zero attached hydrogens (tertiary/aromatic N) is 1. The molecule has 0 aromatic heterocycles. The van der Waals surface area contributed by atoms with Gasteiger partial charge in [-0.25, -0.2) is 0 Å². The first kappa shape index (κ1) is 14.3. The van der Waals surface area contributed by atoms with Crippen LogP contribution in [-0.4, -0.2) is 47.6 Å². The minimum atomic E-state index is -0.758. The molecule has 1 heterocycles. The van der Waals surface area contributed by atoms with Crippen LogP contribution in [-0.2, 0) is 9.59 Å². The van der Waals surface area contributed by atoms with E-state index < -0.39 is 5.97 Å². The number of hydrogen-bond acceptors (Lipinski definition) is 3. The van der Waals surface area contributed by atoms with E-state index in [1.54, 1.807) is 0 Å². The Balaban J connectivity index is 1.71. The predicted molar refractivity (Wildman–Crippen MR) is 71.7 cm³/mol. The van der Waals surface area contributed by atoms with Gasteiger partial charge in [-0.3, -0.25) is 14.5 Å². The van der Waals surface area contributed by atoms with Gasteiger partial charge in [-0.2, -0.15) is 0 Å². The Bertz CT molecular complexity index is 353. The number of carbonyl (C=O) groups excluding carboxylic acids is 1. The lowest BCUT2D eigenvalue weighted by molar-refractivity contribution is -0.148. The number of rotatable bonds is 4. The zero-order valence-corrected chi connectivity index (χ0v) is 11.8. The van der Waals surface area contributed by atoms with E-state index in [1.165, 1.54) is 12.8 Å². The number of amides is 1. The molecule has 0 radical (unpaired) electrons. The van der Waals surface area contributed by atoms with Crippen LogP contribution in [0.5, 0.6) is 0 Å². The highest BCUT2D eigenvalue weighted by Gasteiger charge is 2.34. The molecule has 5 nitrogen and oxygen atoms in total. The fourth-order valence-electron chi connectivity index (χ4n) is 3.10. The lowest BCUT2D eigenvalue weighted by Gasteiger charge is -2.38. The first-order chi connectivity index (χ1) is 8.97. The normalized spacial score (nSPS) is 32.6. The quantitative estimate of drug-likeness (QED) is 0.796. The van der Waals surface area contributed by atoms with Gasteiger partial charge in [0.25, 0.3) is 0 Å². The van der Waals surface area contributed by atoms with Crippen molar-refractivity contribution in [1.29, 1.82) is 0 Å².